The van der Waals surface area contributed by atoms with Crippen LogP contribution >= 0.6 is 0 Å². The maximum absolute atomic E-state index is 13.1. The summed E-state index contributed by atoms with van der Waals surface area (Å²) in [6, 6.07) is 19.6. The molecular formula is C24H23N7O. The second-order valence-corrected chi connectivity index (χ2v) is 7.67. The van der Waals surface area contributed by atoms with Gasteiger partial charge in [0.15, 0.2) is 11.6 Å². The number of pyridine rings is 1. The lowest BCUT2D eigenvalue weighted by atomic mass is 10.1. The molecule has 8 nitrogen and oxygen atoms in total. The molecule has 4 heterocycles. The predicted octanol–water partition coefficient (Wildman–Crippen LogP) is 3.00. The van der Waals surface area contributed by atoms with Crippen molar-refractivity contribution in [2.45, 2.75) is 6.92 Å². The maximum atomic E-state index is 13.1. The van der Waals surface area contributed by atoms with Crippen LogP contribution in [0.15, 0.2) is 73.1 Å². The van der Waals surface area contributed by atoms with E-state index in [9.17, 15) is 4.79 Å². The molecule has 1 aliphatic heterocycles. The largest absolute Gasteiger partial charge is 0.352 e. The third-order valence-corrected chi connectivity index (χ3v) is 5.72. The van der Waals surface area contributed by atoms with Gasteiger partial charge in [-0.25, -0.2) is 9.67 Å². The fourth-order valence-electron chi connectivity index (χ4n) is 3.90. The van der Waals surface area contributed by atoms with Gasteiger partial charge in [0.1, 0.15) is 0 Å². The van der Waals surface area contributed by atoms with Crippen LogP contribution in [0.5, 0.6) is 0 Å². The van der Waals surface area contributed by atoms with E-state index in [1.165, 1.54) is 0 Å². The van der Waals surface area contributed by atoms with E-state index in [0.717, 1.165) is 22.8 Å². The molecule has 32 heavy (non-hydrogen) atoms. The summed E-state index contributed by atoms with van der Waals surface area (Å²) in [5.74, 6) is 1.53. The lowest BCUT2D eigenvalue weighted by molar-refractivity contribution is 0.0745. The van der Waals surface area contributed by atoms with Gasteiger partial charge in [0.05, 0.1) is 23.1 Å². The SMILES string of the molecule is Cc1c(C(=O)N2CCN(c3ccc(-c4ccccc4)nn3)CC2)cnn1-c1ccccn1. The van der Waals surface area contributed by atoms with E-state index < -0.39 is 0 Å². The molecule has 0 bridgehead atoms. The first kappa shape index (κ1) is 19.9. The Balaban J connectivity index is 1.24. The highest BCUT2D eigenvalue weighted by atomic mass is 16.2. The van der Waals surface area contributed by atoms with Crippen molar-refractivity contribution in [2.24, 2.45) is 0 Å². The molecular weight excluding hydrogens is 402 g/mol. The van der Waals surface area contributed by atoms with Crippen LogP contribution in [0.2, 0.25) is 0 Å². The van der Waals surface area contributed by atoms with Gasteiger partial charge in [0, 0.05) is 37.9 Å². The van der Waals surface area contributed by atoms with Crippen LogP contribution in [0.25, 0.3) is 17.1 Å². The summed E-state index contributed by atoms with van der Waals surface area (Å²) >= 11 is 0. The van der Waals surface area contributed by atoms with Crippen molar-refractivity contribution < 1.29 is 4.79 Å². The monoisotopic (exact) mass is 425 g/mol. The minimum absolute atomic E-state index is 0.00478. The van der Waals surface area contributed by atoms with Crippen molar-refractivity contribution in [3.8, 4) is 17.1 Å². The second-order valence-electron chi connectivity index (χ2n) is 7.67. The number of piperazine rings is 1. The molecule has 1 fully saturated rings. The summed E-state index contributed by atoms with van der Waals surface area (Å²) < 4.78 is 1.70. The molecule has 0 aliphatic carbocycles. The highest BCUT2D eigenvalue weighted by molar-refractivity contribution is 5.95. The number of anilines is 1. The third kappa shape index (κ3) is 3.82. The zero-order valence-electron chi connectivity index (χ0n) is 17.8. The van der Waals surface area contributed by atoms with Gasteiger partial charge < -0.3 is 9.80 Å². The number of amides is 1. The van der Waals surface area contributed by atoms with Crippen molar-refractivity contribution in [1.82, 2.24) is 29.9 Å². The van der Waals surface area contributed by atoms with Gasteiger partial charge in [-0.15, -0.1) is 10.2 Å². The molecule has 5 rings (SSSR count). The van der Waals surface area contributed by atoms with E-state index in [1.807, 2.05) is 72.5 Å². The lowest BCUT2D eigenvalue weighted by Gasteiger charge is -2.35. The van der Waals surface area contributed by atoms with E-state index in [0.29, 0.717) is 37.6 Å². The summed E-state index contributed by atoms with van der Waals surface area (Å²) in [5.41, 5.74) is 3.29. The topological polar surface area (TPSA) is 80.0 Å². The first-order valence-electron chi connectivity index (χ1n) is 10.6. The molecule has 1 amide bonds. The van der Waals surface area contributed by atoms with Gasteiger partial charge in [-0.3, -0.25) is 4.79 Å². The summed E-state index contributed by atoms with van der Waals surface area (Å²) in [6.45, 7) is 4.55. The lowest BCUT2D eigenvalue weighted by Crippen LogP contribution is -2.49. The Morgan fingerprint density at radius 3 is 2.31 bits per heavy atom. The second kappa shape index (κ2) is 8.58. The first-order valence-corrected chi connectivity index (χ1v) is 10.6. The summed E-state index contributed by atoms with van der Waals surface area (Å²) in [6.07, 6.45) is 3.35. The van der Waals surface area contributed by atoms with Crippen LogP contribution in [0, 0.1) is 6.92 Å². The molecule has 0 atom stereocenters. The van der Waals surface area contributed by atoms with E-state index in [1.54, 1.807) is 17.1 Å². The zero-order chi connectivity index (χ0) is 21.9. The van der Waals surface area contributed by atoms with Crippen LogP contribution in [0.1, 0.15) is 16.1 Å². The van der Waals surface area contributed by atoms with E-state index in [2.05, 4.69) is 25.2 Å². The average molecular weight is 425 g/mol. The Morgan fingerprint density at radius 1 is 0.844 bits per heavy atom. The van der Waals surface area contributed by atoms with Crippen molar-refractivity contribution in [3.63, 3.8) is 0 Å². The Hall–Kier alpha value is -4.07. The molecule has 0 N–H and O–H groups in total. The highest BCUT2D eigenvalue weighted by Gasteiger charge is 2.26. The molecule has 4 aromatic rings. The van der Waals surface area contributed by atoms with Gasteiger partial charge in [0.2, 0.25) is 0 Å². The molecule has 1 aromatic carbocycles. The van der Waals surface area contributed by atoms with Crippen molar-refractivity contribution in [2.75, 3.05) is 31.1 Å². The molecule has 1 aliphatic rings. The number of hydrogen-bond donors (Lipinski definition) is 0. The molecule has 0 unspecified atom stereocenters. The van der Waals surface area contributed by atoms with Crippen molar-refractivity contribution >= 4 is 11.7 Å². The Labute approximate surface area is 186 Å². The van der Waals surface area contributed by atoms with Crippen LogP contribution in [-0.4, -0.2) is 61.9 Å². The van der Waals surface area contributed by atoms with Gasteiger partial charge in [0.25, 0.3) is 5.91 Å². The summed E-state index contributed by atoms with van der Waals surface area (Å²) in [7, 11) is 0. The number of carbonyl (C=O) groups is 1. The van der Waals surface area contributed by atoms with Gasteiger partial charge in [-0.1, -0.05) is 36.4 Å². The number of hydrogen-bond acceptors (Lipinski definition) is 6. The van der Waals surface area contributed by atoms with Crippen LogP contribution in [0.4, 0.5) is 5.82 Å². The van der Waals surface area contributed by atoms with E-state index in [-0.39, 0.29) is 5.91 Å². The van der Waals surface area contributed by atoms with Gasteiger partial charge in [-0.05, 0) is 31.2 Å². The van der Waals surface area contributed by atoms with Gasteiger partial charge >= 0.3 is 0 Å². The van der Waals surface area contributed by atoms with Gasteiger partial charge in [-0.2, -0.15) is 5.10 Å². The summed E-state index contributed by atoms with van der Waals surface area (Å²) in [4.78, 5) is 21.5. The third-order valence-electron chi connectivity index (χ3n) is 5.72. The smallest absolute Gasteiger partial charge is 0.257 e. The van der Waals surface area contributed by atoms with Crippen molar-refractivity contribution in [1.29, 1.82) is 0 Å². The van der Waals surface area contributed by atoms with E-state index in [4.69, 9.17) is 0 Å². The number of aromatic nitrogens is 5. The molecule has 8 heteroatoms. The van der Waals surface area contributed by atoms with Crippen LogP contribution in [0.3, 0.4) is 0 Å². The number of nitrogens with zero attached hydrogens (tertiary/aromatic N) is 7. The normalized spacial score (nSPS) is 13.9. The maximum Gasteiger partial charge on any atom is 0.257 e. The van der Waals surface area contributed by atoms with Crippen LogP contribution in [-0.2, 0) is 0 Å². The quantitative estimate of drug-likeness (QED) is 0.500. The highest BCUT2D eigenvalue weighted by Crippen LogP contribution is 2.20. The zero-order valence-corrected chi connectivity index (χ0v) is 17.8. The number of carbonyl (C=O) groups excluding carboxylic acids is 1. The molecule has 0 spiro atoms. The number of benzene rings is 1. The molecule has 3 aromatic heterocycles. The number of rotatable bonds is 4. The van der Waals surface area contributed by atoms with Crippen molar-refractivity contribution in [3.05, 3.63) is 84.3 Å². The molecule has 160 valence electrons. The average Bonchev–Trinajstić information content (AvgIpc) is 3.26. The Kier molecular flexibility index (Phi) is 5.33. The van der Waals surface area contributed by atoms with E-state index >= 15 is 0 Å². The fraction of sp³-hybridized carbons (Fsp3) is 0.208. The summed E-state index contributed by atoms with van der Waals surface area (Å²) in [5, 5.41) is 13.2. The minimum Gasteiger partial charge on any atom is -0.352 e. The molecule has 0 radical (unpaired) electrons. The fourth-order valence-corrected chi connectivity index (χ4v) is 3.90. The predicted molar refractivity (Wildman–Crippen MR) is 122 cm³/mol. The molecule has 0 saturated carbocycles. The first-order chi connectivity index (χ1) is 15.7. The Morgan fingerprint density at radius 2 is 1.62 bits per heavy atom. The van der Waals surface area contributed by atoms with Crippen LogP contribution < -0.4 is 4.90 Å². The Bertz CT molecular complexity index is 1200. The molecule has 1 saturated heterocycles. The standard InChI is InChI=1S/C24H23N7O/c1-18-20(17-26-31(18)22-9-5-6-12-25-22)24(32)30-15-13-29(14-16-30)23-11-10-21(27-28-23)19-7-3-2-4-8-19/h2-12,17H,13-16H2,1H3. The minimum atomic E-state index is -0.00478.